The average Bonchev–Trinajstić information content (AvgIpc) is 2.85. The number of aromatic nitrogens is 4. The first-order valence-corrected chi connectivity index (χ1v) is 9.13. The Hall–Kier alpha value is -2.86. The highest BCUT2D eigenvalue weighted by Crippen LogP contribution is 2.38. The lowest BCUT2D eigenvalue weighted by Gasteiger charge is -2.18. The predicted octanol–water partition coefficient (Wildman–Crippen LogP) is 2.92. The maximum atomic E-state index is 12.7. The lowest BCUT2D eigenvalue weighted by Crippen LogP contribution is -2.32. The number of rotatable bonds is 2. The molecule has 3 aromatic rings. The first-order chi connectivity index (χ1) is 12.9. The molecule has 0 radical (unpaired) electrons. The summed E-state index contributed by atoms with van der Waals surface area (Å²) in [4.78, 5) is 31.7. The van der Waals surface area contributed by atoms with Crippen LogP contribution in [0.5, 0.6) is 0 Å². The molecule has 0 saturated carbocycles. The molecule has 1 aliphatic carbocycles. The third-order valence-electron chi connectivity index (χ3n) is 5.04. The van der Waals surface area contributed by atoms with E-state index in [2.05, 4.69) is 16.5 Å². The van der Waals surface area contributed by atoms with E-state index in [0.717, 1.165) is 34.9 Å². The highest BCUT2D eigenvalue weighted by molar-refractivity contribution is 6.30. The highest BCUT2D eigenvalue weighted by atomic mass is 35.5. The van der Waals surface area contributed by atoms with E-state index in [0.29, 0.717) is 10.6 Å². The fraction of sp³-hybridized carbons (Fsp3) is 0.250. The number of hydrogen-bond donors (Lipinski definition) is 1. The summed E-state index contributed by atoms with van der Waals surface area (Å²) in [5, 5.41) is 0.626. The number of halogens is 1. The first-order valence-electron chi connectivity index (χ1n) is 8.75. The van der Waals surface area contributed by atoms with Gasteiger partial charge in [-0.25, -0.2) is 9.78 Å². The molecule has 1 N–H and O–H groups in total. The van der Waals surface area contributed by atoms with Crippen LogP contribution < -0.4 is 11.2 Å². The Morgan fingerprint density at radius 3 is 2.74 bits per heavy atom. The second-order valence-corrected chi connectivity index (χ2v) is 7.10. The van der Waals surface area contributed by atoms with E-state index < -0.39 is 17.2 Å². The quantitative estimate of drug-likeness (QED) is 0.579. The Balaban J connectivity index is 2.09. The molecule has 7 heteroatoms. The summed E-state index contributed by atoms with van der Waals surface area (Å²) in [6, 6.07) is 5.62. The molecule has 0 fully saturated rings. The van der Waals surface area contributed by atoms with E-state index in [1.807, 2.05) is 37.3 Å². The van der Waals surface area contributed by atoms with Crippen LogP contribution in [0.3, 0.4) is 0 Å². The van der Waals surface area contributed by atoms with Crippen LogP contribution >= 0.6 is 11.6 Å². The maximum Gasteiger partial charge on any atom is 0.328 e. The Labute approximate surface area is 160 Å². The number of hydrogen-bond acceptors (Lipinski definition) is 3. The van der Waals surface area contributed by atoms with Crippen LogP contribution in [0, 0.1) is 6.92 Å². The zero-order chi connectivity index (χ0) is 19.3. The summed E-state index contributed by atoms with van der Waals surface area (Å²) >= 11 is 6.20. The van der Waals surface area contributed by atoms with Crippen molar-refractivity contribution in [3.8, 4) is 0 Å². The zero-order valence-electron chi connectivity index (χ0n) is 15.3. The SMILES string of the molecule is CCn1c(C)nc2c1C=Cc1cc(Cl)ccc1C2c1cn(C)c(=O)[nH]c1=O. The van der Waals surface area contributed by atoms with Gasteiger partial charge in [0.1, 0.15) is 5.82 Å². The van der Waals surface area contributed by atoms with Crippen LogP contribution in [-0.4, -0.2) is 19.1 Å². The molecule has 6 nitrogen and oxygen atoms in total. The third kappa shape index (κ3) is 2.77. The number of nitrogens with zero attached hydrogens (tertiary/aromatic N) is 3. The standard InChI is InChI=1S/C20H19ClN4O2/c1-4-25-11(2)22-18-16(25)8-5-12-9-13(21)6-7-14(12)17(18)15-10-24(3)20(27)23-19(15)26/h5-10,17H,4H2,1-3H3,(H,23,26,27). The van der Waals surface area contributed by atoms with Crippen LogP contribution in [0.15, 0.2) is 34.0 Å². The molecule has 1 unspecified atom stereocenters. The summed E-state index contributed by atoms with van der Waals surface area (Å²) < 4.78 is 3.50. The van der Waals surface area contributed by atoms with Crippen LogP contribution in [0.4, 0.5) is 0 Å². The molecule has 4 rings (SSSR count). The number of fused-ring (bicyclic) bond motifs is 2. The molecule has 1 aromatic carbocycles. The topological polar surface area (TPSA) is 72.7 Å². The number of imidazole rings is 1. The molecule has 2 aromatic heterocycles. The summed E-state index contributed by atoms with van der Waals surface area (Å²) in [6.07, 6.45) is 5.62. The minimum atomic E-state index is -0.442. The van der Waals surface area contributed by atoms with Crippen molar-refractivity contribution < 1.29 is 0 Å². The van der Waals surface area contributed by atoms with Gasteiger partial charge in [-0.2, -0.15) is 0 Å². The molecule has 0 aliphatic heterocycles. The number of nitrogens with one attached hydrogen (secondary N) is 1. The minimum absolute atomic E-state index is 0.399. The summed E-state index contributed by atoms with van der Waals surface area (Å²) in [5.74, 6) is 0.486. The molecule has 0 amide bonds. The lowest BCUT2D eigenvalue weighted by atomic mass is 9.87. The van der Waals surface area contributed by atoms with Crippen molar-refractivity contribution in [3.63, 3.8) is 0 Å². The van der Waals surface area contributed by atoms with Crippen molar-refractivity contribution >= 4 is 23.8 Å². The van der Waals surface area contributed by atoms with Gasteiger partial charge < -0.3 is 9.13 Å². The van der Waals surface area contributed by atoms with E-state index >= 15 is 0 Å². The molecule has 0 saturated heterocycles. The van der Waals surface area contributed by atoms with E-state index in [-0.39, 0.29) is 0 Å². The van der Waals surface area contributed by atoms with Crippen LogP contribution in [0.1, 0.15) is 46.7 Å². The second kappa shape index (κ2) is 6.39. The summed E-state index contributed by atoms with van der Waals surface area (Å²) in [7, 11) is 1.62. The molecular formula is C20H19ClN4O2. The number of benzene rings is 1. The number of aromatic amines is 1. The van der Waals surface area contributed by atoms with Crippen LogP contribution in [0.25, 0.3) is 12.2 Å². The lowest BCUT2D eigenvalue weighted by molar-refractivity contribution is 0.723. The fourth-order valence-corrected chi connectivity index (χ4v) is 3.94. The van der Waals surface area contributed by atoms with E-state index in [1.54, 1.807) is 13.2 Å². The van der Waals surface area contributed by atoms with Gasteiger partial charge in [0.15, 0.2) is 0 Å². The van der Waals surface area contributed by atoms with E-state index in [4.69, 9.17) is 16.6 Å². The van der Waals surface area contributed by atoms with Crippen molar-refractivity contribution in [1.29, 1.82) is 0 Å². The molecule has 27 heavy (non-hydrogen) atoms. The van der Waals surface area contributed by atoms with Gasteiger partial charge in [-0.15, -0.1) is 0 Å². The van der Waals surface area contributed by atoms with Gasteiger partial charge in [0.2, 0.25) is 0 Å². The van der Waals surface area contributed by atoms with Crippen LogP contribution in [0.2, 0.25) is 5.02 Å². The van der Waals surface area contributed by atoms with Crippen LogP contribution in [-0.2, 0) is 13.6 Å². The smallest absolute Gasteiger partial charge is 0.328 e. The van der Waals surface area contributed by atoms with Gasteiger partial charge in [-0.05, 0) is 43.2 Å². The van der Waals surface area contributed by atoms with E-state index in [9.17, 15) is 9.59 Å². The molecule has 0 bridgehead atoms. The first kappa shape index (κ1) is 17.5. The third-order valence-corrected chi connectivity index (χ3v) is 5.28. The molecular weight excluding hydrogens is 364 g/mol. The second-order valence-electron chi connectivity index (χ2n) is 6.67. The van der Waals surface area contributed by atoms with Crippen molar-refractivity contribution in [2.75, 3.05) is 0 Å². The largest absolute Gasteiger partial charge is 0.329 e. The van der Waals surface area contributed by atoms with Crippen molar-refractivity contribution in [3.05, 3.63) is 84.2 Å². The molecule has 0 spiro atoms. The molecule has 2 heterocycles. The molecule has 1 atom stereocenters. The van der Waals surface area contributed by atoms with Gasteiger partial charge in [0.25, 0.3) is 5.56 Å². The molecule has 1 aliphatic rings. The van der Waals surface area contributed by atoms with Gasteiger partial charge >= 0.3 is 5.69 Å². The fourth-order valence-electron chi connectivity index (χ4n) is 3.76. The Morgan fingerprint density at radius 2 is 2.00 bits per heavy atom. The van der Waals surface area contributed by atoms with Gasteiger partial charge in [-0.3, -0.25) is 9.78 Å². The van der Waals surface area contributed by atoms with Gasteiger partial charge in [0, 0.05) is 30.4 Å². The molecule has 138 valence electrons. The van der Waals surface area contributed by atoms with Gasteiger partial charge in [-0.1, -0.05) is 23.7 Å². The summed E-state index contributed by atoms with van der Waals surface area (Å²) in [6.45, 7) is 4.79. The monoisotopic (exact) mass is 382 g/mol. The Kier molecular flexibility index (Phi) is 4.15. The van der Waals surface area contributed by atoms with Crippen molar-refractivity contribution in [2.45, 2.75) is 26.3 Å². The Bertz CT molecular complexity index is 1200. The zero-order valence-corrected chi connectivity index (χ0v) is 16.0. The number of aryl methyl sites for hydroxylation is 2. The number of H-pyrrole nitrogens is 1. The summed E-state index contributed by atoms with van der Waals surface area (Å²) in [5.41, 5.74) is 3.25. The van der Waals surface area contributed by atoms with E-state index in [1.165, 1.54) is 4.57 Å². The predicted molar refractivity (Wildman–Crippen MR) is 106 cm³/mol. The minimum Gasteiger partial charge on any atom is -0.329 e. The van der Waals surface area contributed by atoms with Crippen molar-refractivity contribution in [2.24, 2.45) is 7.05 Å². The highest BCUT2D eigenvalue weighted by Gasteiger charge is 2.30. The normalized spacial score (nSPS) is 15.3. The van der Waals surface area contributed by atoms with Crippen molar-refractivity contribution in [1.82, 2.24) is 19.1 Å². The average molecular weight is 383 g/mol. The maximum absolute atomic E-state index is 12.7. The Morgan fingerprint density at radius 1 is 1.22 bits per heavy atom. The van der Waals surface area contributed by atoms with Gasteiger partial charge in [0.05, 0.1) is 17.3 Å².